The number of hydrogen-bond donors (Lipinski definition) is 2. The van der Waals surface area contributed by atoms with Gasteiger partial charge in [-0.25, -0.2) is 4.90 Å². The number of phenolic OH excluding ortho intramolecular Hbond substituents is 1. The molecule has 44 heavy (non-hydrogen) atoms. The molecule has 2 saturated heterocycles. The fourth-order valence-electron chi connectivity index (χ4n) is 7.03. The van der Waals surface area contributed by atoms with E-state index in [0.717, 1.165) is 32.9 Å². The molecule has 4 atom stereocenters. The normalized spacial score (nSPS) is 23.5. The van der Waals surface area contributed by atoms with Crippen molar-refractivity contribution < 1.29 is 29.3 Å². The summed E-state index contributed by atoms with van der Waals surface area (Å²) in [5.41, 5.74) is 4.53. The Balaban J connectivity index is 1.31. The molecule has 0 bridgehead atoms. The molecule has 3 aliphatic rings. The number of nitrogens with zero attached hydrogens (tertiary/aromatic N) is 3. The molecule has 0 radical (unpaired) electrons. The second kappa shape index (κ2) is 12.2. The van der Waals surface area contributed by atoms with Crippen molar-refractivity contribution in [1.82, 2.24) is 4.98 Å². The van der Waals surface area contributed by atoms with Gasteiger partial charge in [0.2, 0.25) is 11.8 Å². The maximum Gasteiger partial charge on any atom is 0.455 e. The first-order valence-corrected chi connectivity index (χ1v) is 14.8. The minimum absolute atomic E-state index is 0.158. The van der Waals surface area contributed by atoms with Gasteiger partial charge >= 0.3 is 7.12 Å². The molecule has 10 nitrogen and oxygen atoms in total. The summed E-state index contributed by atoms with van der Waals surface area (Å²) >= 11 is 0. The third kappa shape index (κ3) is 5.56. The summed E-state index contributed by atoms with van der Waals surface area (Å²) in [6, 6.07) is 18.2. The number of allylic oxidation sites excluding steroid dienone is 2. The van der Waals surface area contributed by atoms with Crippen LogP contribution in [0.2, 0.25) is 6.32 Å². The summed E-state index contributed by atoms with van der Waals surface area (Å²) in [7, 11) is -1.12. The van der Waals surface area contributed by atoms with Crippen molar-refractivity contribution in [3.63, 3.8) is 0 Å². The Morgan fingerprint density at radius 1 is 1.11 bits per heavy atom. The predicted octanol–water partition coefficient (Wildman–Crippen LogP) is 5.43. The van der Waals surface area contributed by atoms with Gasteiger partial charge in [0.1, 0.15) is 5.75 Å². The number of phenols is 1. The van der Waals surface area contributed by atoms with Crippen molar-refractivity contribution in [2.24, 2.45) is 17.8 Å². The van der Waals surface area contributed by atoms with Crippen LogP contribution in [0.1, 0.15) is 43.9 Å². The lowest BCUT2D eigenvalue weighted by atomic mass is 9.58. The third-order valence-electron chi connectivity index (χ3n) is 8.91. The van der Waals surface area contributed by atoms with Crippen molar-refractivity contribution >= 4 is 42.0 Å². The molecule has 11 heteroatoms. The quantitative estimate of drug-likeness (QED) is 0.116. The van der Waals surface area contributed by atoms with Gasteiger partial charge in [-0.15, -0.1) is 0 Å². The Morgan fingerprint density at radius 2 is 1.93 bits per heavy atom. The fraction of sp³-hybridized carbons (Fsp3) is 0.303. The molecule has 6 rings (SSSR count). The van der Waals surface area contributed by atoms with Gasteiger partial charge < -0.3 is 14.8 Å². The highest BCUT2D eigenvalue weighted by Gasteiger charge is 2.57. The highest BCUT2D eigenvalue weighted by molar-refractivity contribution is 6.43. The molecular formula is C33H32BN3O7. The molecule has 0 saturated carbocycles. The summed E-state index contributed by atoms with van der Waals surface area (Å²) < 4.78 is 6.13. The van der Waals surface area contributed by atoms with Crippen LogP contribution in [0, 0.1) is 27.9 Å². The number of non-ortho nitro benzene ring substituents is 1. The van der Waals surface area contributed by atoms with Crippen molar-refractivity contribution in [3.05, 3.63) is 105 Å². The van der Waals surface area contributed by atoms with E-state index in [2.05, 4.69) is 4.98 Å². The van der Waals surface area contributed by atoms with Gasteiger partial charge in [-0.05, 0) is 91.0 Å². The zero-order valence-corrected chi connectivity index (χ0v) is 24.2. The van der Waals surface area contributed by atoms with E-state index in [1.807, 2.05) is 37.3 Å². The Hall–Kier alpha value is -4.61. The Bertz CT molecular complexity index is 1670. The van der Waals surface area contributed by atoms with Crippen LogP contribution in [0.25, 0.3) is 11.6 Å². The number of aromatic hydroxyl groups is 1. The van der Waals surface area contributed by atoms with E-state index in [4.69, 9.17) is 4.65 Å². The van der Waals surface area contributed by atoms with Crippen LogP contribution in [0.15, 0.2) is 84.1 Å². The lowest BCUT2D eigenvalue weighted by Gasteiger charge is -2.43. The summed E-state index contributed by atoms with van der Waals surface area (Å²) in [5.74, 6) is -2.30. The molecule has 3 heterocycles. The standard InChI is InChI=1S/C33H32BN3O7/c1-2-21-17-26-31(33(40)36(32(26)39)23-8-6-9-24(18-23)37(42)43)27-19-34(41)44-29(30(21)27)13-12-22(28-11-3-4-14-35-28)15-20-7-5-10-25(38)16-20/h3-11,14-16,18,26-27,29,31,38,41H,2,12-13,17,19H2,1H3/b22-15-/t26-,27+,29-,31-/m1/s1. The topological polar surface area (TPSA) is 143 Å². The van der Waals surface area contributed by atoms with Crippen LogP contribution < -0.4 is 4.90 Å². The fourth-order valence-corrected chi connectivity index (χ4v) is 7.03. The number of amides is 2. The Labute approximate surface area is 255 Å². The lowest BCUT2D eigenvalue weighted by Crippen LogP contribution is -2.46. The number of nitro benzene ring substituents is 1. The molecule has 2 aromatic carbocycles. The summed E-state index contributed by atoms with van der Waals surface area (Å²) in [6.07, 6.45) is 5.49. The maximum atomic E-state index is 13.9. The zero-order chi connectivity index (χ0) is 31.0. The molecule has 2 fully saturated rings. The van der Waals surface area contributed by atoms with Crippen LogP contribution >= 0.6 is 0 Å². The molecule has 0 spiro atoms. The first-order chi connectivity index (χ1) is 21.2. The second-order valence-corrected chi connectivity index (χ2v) is 11.5. The van der Waals surface area contributed by atoms with Gasteiger partial charge in [0.15, 0.2) is 0 Å². The van der Waals surface area contributed by atoms with Crippen molar-refractivity contribution in [1.29, 1.82) is 0 Å². The number of anilines is 1. The minimum atomic E-state index is -1.12. The number of hydrogen-bond acceptors (Lipinski definition) is 8. The molecule has 0 unspecified atom stereocenters. The number of pyridine rings is 1. The van der Waals surface area contributed by atoms with Gasteiger partial charge in [-0.1, -0.05) is 36.8 Å². The minimum Gasteiger partial charge on any atom is -0.508 e. The number of rotatable bonds is 8. The van der Waals surface area contributed by atoms with Gasteiger partial charge in [-0.2, -0.15) is 0 Å². The maximum absolute atomic E-state index is 13.9. The molecule has 2 N–H and O–H groups in total. The molecular weight excluding hydrogens is 561 g/mol. The van der Waals surface area contributed by atoms with Crippen LogP contribution in [-0.2, 0) is 14.2 Å². The Kier molecular flexibility index (Phi) is 8.16. The lowest BCUT2D eigenvalue weighted by molar-refractivity contribution is -0.384. The van der Waals surface area contributed by atoms with E-state index >= 15 is 0 Å². The van der Waals surface area contributed by atoms with Crippen LogP contribution in [-0.4, -0.2) is 45.1 Å². The highest BCUT2D eigenvalue weighted by atomic mass is 16.6. The summed E-state index contributed by atoms with van der Waals surface area (Å²) in [5, 5.41) is 32.3. The van der Waals surface area contributed by atoms with Crippen LogP contribution in [0.3, 0.4) is 0 Å². The number of carbonyl (C=O) groups is 2. The van der Waals surface area contributed by atoms with Crippen LogP contribution in [0.4, 0.5) is 11.4 Å². The number of aromatic nitrogens is 1. The molecule has 3 aromatic rings. The molecule has 2 amide bonds. The summed E-state index contributed by atoms with van der Waals surface area (Å²) in [6.45, 7) is 2.02. The monoisotopic (exact) mass is 593 g/mol. The van der Waals surface area contributed by atoms with Crippen molar-refractivity contribution in [2.45, 2.75) is 45.0 Å². The van der Waals surface area contributed by atoms with Crippen molar-refractivity contribution in [2.75, 3.05) is 4.90 Å². The van der Waals surface area contributed by atoms with Gasteiger partial charge in [0.25, 0.3) is 5.69 Å². The molecule has 224 valence electrons. The van der Waals surface area contributed by atoms with E-state index in [9.17, 15) is 29.8 Å². The van der Waals surface area contributed by atoms with E-state index in [-0.39, 0.29) is 29.4 Å². The van der Waals surface area contributed by atoms with Gasteiger partial charge in [-0.3, -0.25) is 24.7 Å². The number of imide groups is 1. The smallest absolute Gasteiger partial charge is 0.455 e. The number of fused-ring (bicyclic) bond motifs is 3. The van der Waals surface area contributed by atoms with Gasteiger partial charge in [0.05, 0.1) is 34.2 Å². The van der Waals surface area contributed by atoms with E-state index in [1.54, 1.807) is 24.4 Å². The largest absolute Gasteiger partial charge is 0.508 e. The number of benzene rings is 2. The predicted molar refractivity (Wildman–Crippen MR) is 165 cm³/mol. The van der Waals surface area contributed by atoms with Gasteiger partial charge in [0, 0.05) is 18.3 Å². The summed E-state index contributed by atoms with van der Waals surface area (Å²) in [4.78, 5) is 44.1. The van der Waals surface area contributed by atoms with Crippen LogP contribution in [0.5, 0.6) is 5.75 Å². The first-order valence-electron chi connectivity index (χ1n) is 14.8. The molecule has 1 aliphatic carbocycles. The molecule has 1 aromatic heterocycles. The number of nitro groups is 1. The Morgan fingerprint density at radius 3 is 2.66 bits per heavy atom. The SMILES string of the molecule is CCC1=C2[C@@H](CC/C(=C/c3cccc(O)c3)c3ccccn3)OB(O)C[C@@H]2[C@@H]2C(=O)N(c3cccc([N+](=O)[O-])c3)C(=O)[C@@H]2C1. The van der Waals surface area contributed by atoms with E-state index in [0.29, 0.717) is 25.7 Å². The second-order valence-electron chi connectivity index (χ2n) is 11.5. The van der Waals surface area contributed by atoms with E-state index in [1.165, 1.54) is 24.3 Å². The zero-order valence-electron chi connectivity index (χ0n) is 24.2. The van der Waals surface area contributed by atoms with E-state index < -0.39 is 41.8 Å². The average Bonchev–Trinajstić information content (AvgIpc) is 3.28. The third-order valence-corrected chi connectivity index (χ3v) is 8.91. The average molecular weight is 593 g/mol. The molecule has 2 aliphatic heterocycles. The number of carbonyl (C=O) groups excluding carboxylic acids is 2. The first kappa shape index (κ1) is 29.5. The van der Waals surface area contributed by atoms with Crippen molar-refractivity contribution in [3.8, 4) is 5.75 Å². The highest BCUT2D eigenvalue weighted by Crippen LogP contribution is 2.52.